The summed E-state index contributed by atoms with van der Waals surface area (Å²) < 4.78 is 39.2. The molecule has 7 unspecified atom stereocenters. The van der Waals surface area contributed by atoms with Crippen molar-refractivity contribution < 1.29 is 18.0 Å². The average Bonchev–Trinajstić information content (AvgIpc) is 2.86. The summed E-state index contributed by atoms with van der Waals surface area (Å²) >= 11 is 0. The molecule has 0 saturated heterocycles. The van der Waals surface area contributed by atoms with Crippen molar-refractivity contribution in [1.29, 1.82) is 0 Å². The first-order valence-corrected chi connectivity index (χ1v) is 10.3. The van der Waals surface area contributed by atoms with Crippen LogP contribution in [0.3, 0.4) is 0 Å². The zero-order chi connectivity index (χ0) is 18.2. The van der Waals surface area contributed by atoms with Gasteiger partial charge in [-0.1, -0.05) is 26.7 Å². The normalized spacial score (nSPS) is 44.2. The Hall–Kier alpha value is -0.540. The van der Waals surface area contributed by atoms with Crippen molar-refractivity contribution >= 4 is 6.29 Å². The molecule has 25 heavy (non-hydrogen) atoms. The fourth-order valence-corrected chi connectivity index (χ4v) is 7.18. The lowest BCUT2D eigenvalue weighted by atomic mass is 9.50. The highest BCUT2D eigenvalue weighted by Crippen LogP contribution is 2.64. The SMILES string of the molecule is CCCC1C(CC(F)(F)F)CCC2C1CCC1(C)C(CC=O)CCC21. The number of aldehydes is 1. The van der Waals surface area contributed by atoms with Gasteiger partial charge in [0.25, 0.3) is 0 Å². The van der Waals surface area contributed by atoms with Crippen molar-refractivity contribution in [1.82, 2.24) is 0 Å². The van der Waals surface area contributed by atoms with E-state index in [9.17, 15) is 18.0 Å². The maximum Gasteiger partial charge on any atom is 0.389 e. The first-order valence-electron chi connectivity index (χ1n) is 10.3. The summed E-state index contributed by atoms with van der Waals surface area (Å²) in [7, 11) is 0. The third kappa shape index (κ3) is 3.64. The predicted molar refractivity (Wildman–Crippen MR) is 93.0 cm³/mol. The van der Waals surface area contributed by atoms with Crippen LogP contribution in [-0.4, -0.2) is 12.5 Å². The topological polar surface area (TPSA) is 17.1 Å². The molecule has 0 aromatic carbocycles. The van der Waals surface area contributed by atoms with Crippen molar-refractivity contribution in [3.05, 3.63) is 0 Å². The van der Waals surface area contributed by atoms with Gasteiger partial charge in [0.2, 0.25) is 0 Å². The highest BCUT2D eigenvalue weighted by Gasteiger charge is 2.56. The van der Waals surface area contributed by atoms with E-state index in [1.54, 1.807) is 0 Å². The van der Waals surface area contributed by atoms with Crippen molar-refractivity contribution in [3.63, 3.8) is 0 Å². The highest BCUT2D eigenvalue weighted by molar-refractivity contribution is 5.50. The molecule has 3 fully saturated rings. The molecule has 0 aromatic rings. The molecule has 0 N–H and O–H groups in total. The Kier molecular flexibility index (Phi) is 5.56. The Morgan fingerprint density at radius 2 is 1.84 bits per heavy atom. The van der Waals surface area contributed by atoms with E-state index in [2.05, 4.69) is 13.8 Å². The summed E-state index contributed by atoms with van der Waals surface area (Å²) in [6, 6.07) is 0. The number of carbonyl (C=O) groups excluding carboxylic acids is 1. The number of carbonyl (C=O) groups is 1. The van der Waals surface area contributed by atoms with Gasteiger partial charge in [0.1, 0.15) is 6.29 Å². The van der Waals surface area contributed by atoms with E-state index in [1.807, 2.05) is 0 Å². The van der Waals surface area contributed by atoms with Crippen LogP contribution in [0.5, 0.6) is 0 Å². The first-order chi connectivity index (χ1) is 11.8. The molecule has 144 valence electrons. The van der Waals surface area contributed by atoms with Gasteiger partial charge in [-0.3, -0.25) is 0 Å². The fourth-order valence-electron chi connectivity index (χ4n) is 7.18. The molecule has 3 aliphatic rings. The third-order valence-electron chi connectivity index (χ3n) is 8.21. The molecule has 0 radical (unpaired) electrons. The van der Waals surface area contributed by atoms with Crippen molar-refractivity contribution in [2.45, 2.75) is 84.2 Å². The maximum atomic E-state index is 13.1. The molecule has 0 bridgehead atoms. The number of rotatable bonds is 5. The number of hydrogen-bond acceptors (Lipinski definition) is 1. The van der Waals surface area contributed by atoms with Crippen LogP contribution in [0.4, 0.5) is 13.2 Å². The molecule has 1 nitrogen and oxygen atoms in total. The summed E-state index contributed by atoms with van der Waals surface area (Å²) in [4.78, 5) is 11.1. The van der Waals surface area contributed by atoms with Crippen molar-refractivity contribution in [3.8, 4) is 0 Å². The molecule has 0 spiro atoms. The smallest absolute Gasteiger partial charge is 0.303 e. The van der Waals surface area contributed by atoms with Crippen LogP contribution >= 0.6 is 0 Å². The van der Waals surface area contributed by atoms with E-state index in [1.165, 1.54) is 6.42 Å². The average molecular weight is 358 g/mol. The van der Waals surface area contributed by atoms with Gasteiger partial charge in [0.15, 0.2) is 0 Å². The largest absolute Gasteiger partial charge is 0.389 e. The summed E-state index contributed by atoms with van der Waals surface area (Å²) in [6.07, 6.45) is 5.27. The Morgan fingerprint density at radius 1 is 1.08 bits per heavy atom. The van der Waals surface area contributed by atoms with Crippen LogP contribution in [0.25, 0.3) is 0 Å². The van der Waals surface area contributed by atoms with Gasteiger partial charge < -0.3 is 4.79 Å². The van der Waals surface area contributed by atoms with Crippen LogP contribution in [0.1, 0.15) is 78.1 Å². The molecule has 3 saturated carbocycles. The Morgan fingerprint density at radius 3 is 2.48 bits per heavy atom. The zero-order valence-electron chi connectivity index (χ0n) is 15.7. The number of alkyl halides is 3. The van der Waals surface area contributed by atoms with Crippen LogP contribution in [0, 0.1) is 40.9 Å². The van der Waals surface area contributed by atoms with Crippen LogP contribution in [-0.2, 0) is 4.79 Å². The van der Waals surface area contributed by atoms with Gasteiger partial charge in [0.05, 0.1) is 0 Å². The second-order valence-electron chi connectivity index (χ2n) is 9.26. The molecule has 3 rings (SSSR count). The Balaban J connectivity index is 1.78. The third-order valence-corrected chi connectivity index (χ3v) is 8.21. The number of fused-ring (bicyclic) bond motifs is 3. The monoisotopic (exact) mass is 358 g/mol. The molecule has 4 heteroatoms. The van der Waals surface area contributed by atoms with Gasteiger partial charge >= 0.3 is 6.18 Å². The van der Waals surface area contributed by atoms with Crippen LogP contribution in [0.2, 0.25) is 0 Å². The van der Waals surface area contributed by atoms with E-state index < -0.39 is 12.6 Å². The summed E-state index contributed by atoms with van der Waals surface area (Å²) in [6.45, 7) is 4.47. The molecule has 0 amide bonds. The van der Waals surface area contributed by atoms with Gasteiger partial charge in [-0.15, -0.1) is 0 Å². The Bertz CT molecular complexity index is 474. The Labute approximate surface area is 150 Å². The molecule has 0 aromatic heterocycles. The van der Waals surface area contributed by atoms with E-state index in [0.29, 0.717) is 30.1 Å². The molecule has 0 heterocycles. The van der Waals surface area contributed by atoms with Crippen molar-refractivity contribution in [2.24, 2.45) is 40.9 Å². The number of hydrogen-bond donors (Lipinski definition) is 0. The lowest BCUT2D eigenvalue weighted by Gasteiger charge is -2.55. The second-order valence-corrected chi connectivity index (χ2v) is 9.26. The summed E-state index contributed by atoms with van der Waals surface area (Å²) in [5, 5.41) is 0. The zero-order valence-corrected chi connectivity index (χ0v) is 15.7. The van der Waals surface area contributed by atoms with E-state index in [0.717, 1.165) is 51.2 Å². The first kappa shape index (κ1) is 19.2. The number of halogens is 3. The highest BCUT2D eigenvalue weighted by atomic mass is 19.4. The lowest BCUT2D eigenvalue weighted by Crippen LogP contribution is -2.48. The van der Waals surface area contributed by atoms with Gasteiger partial charge in [-0.25, -0.2) is 0 Å². The summed E-state index contributed by atoms with van der Waals surface area (Å²) in [5.74, 6) is 2.28. The minimum Gasteiger partial charge on any atom is -0.303 e. The van der Waals surface area contributed by atoms with Crippen LogP contribution < -0.4 is 0 Å². The molecule has 3 aliphatic carbocycles. The van der Waals surface area contributed by atoms with E-state index in [-0.39, 0.29) is 17.3 Å². The van der Waals surface area contributed by atoms with E-state index in [4.69, 9.17) is 0 Å². The minimum atomic E-state index is -4.03. The van der Waals surface area contributed by atoms with Gasteiger partial charge in [-0.2, -0.15) is 13.2 Å². The standard InChI is InChI=1S/C21H33F3O/c1-3-4-16-14(13-21(22,23)24)5-7-18-17(16)9-11-20(2)15(10-12-25)6-8-19(18)20/h12,14-19H,3-11,13H2,1-2H3. The van der Waals surface area contributed by atoms with Crippen molar-refractivity contribution in [2.75, 3.05) is 0 Å². The van der Waals surface area contributed by atoms with Crippen LogP contribution in [0.15, 0.2) is 0 Å². The predicted octanol–water partition coefficient (Wildman–Crippen LogP) is 6.41. The van der Waals surface area contributed by atoms with E-state index >= 15 is 0 Å². The second kappa shape index (κ2) is 7.23. The molecule has 0 aliphatic heterocycles. The fraction of sp³-hybridized carbons (Fsp3) is 0.952. The van der Waals surface area contributed by atoms with Gasteiger partial charge in [-0.05, 0) is 79.4 Å². The quantitative estimate of drug-likeness (QED) is 0.519. The van der Waals surface area contributed by atoms with Gasteiger partial charge in [0, 0.05) is 12.8 Å². The molecule has 7 atom stereocenters. The lowest BCUT2D eigenvalue weighted by molar-refractivity contribution is -0.160. The summed E-state index contributed by atoms with van der Waals surface area (Å²) in [5.41, 5.74) is 0.246. The molecular formula is C21H33F3O. The molecular weight excluding hydrogens is 325 g/mol. The maximum absolute atomic E-state index is 13.1. The minimum absolute atomic E-state index is 0.169.